The fourth-order valence-electron chi connectivity index (χ4n) is 3.75. The molecule has 0 aromatic heterocycles. The highest BCUT2D eigenvalue weighted by atomic mass is 16.4. The van der Waals surface area contributed by atoms with E-state index in [0.29, 0.717) is 38.3 Å². The Bertz CT molecular complexity index is 458. The first kappa shape index (κ1) is 14.5. The van der Waals surface area contributed by atoms with E-state index in [4.69, 9.17) is 0 Å². The zero-order valence-corrected chi connectivity index (χ0v) is 12.1. The van der Waals surface area contributed by atoms with Crippen LogP contribution >= 0.6 is 0 Å². The van der Waals surface area contributed by atoms with E-state index in [1.165, 1.54) is 4.90 Å². The molecule has 2 saturated carbocycles. The maximum Gasteiger partial charge on any atom is 0.324 e. The zero-order valence-electron chi connectivity index (χ0n) is 12.1. The minimum absolute atomic E-state index is 0.00296. The molecule has 2 N–H and O–H groups in total. The molecule has 116 valence electrons. The van der Waals surface area contributed by atoms with Crippen LogP contribution in [0, 0.1) is 5.92 Å². The van der Waals surface area contributed by atoms with Gasteiger partial charge in [0.15, 0.2) is 0 Å². The van der Waals surface area contributed by atoms with Crippen molar-refractivity contribution in [1.29, 1.82) is 0 Å². The van der Waals surface area contributed by atoms with Gasteiger partial charge in [-0.1, -0.05) is 6.42 Å². The van der Waals surface area contributed by atoms with Crippen LogP contribution in [0.15, 0.2) is 0 Å². The maximum atomic E-state index is 11.8. The second-order valence-electron chi connectivity index (χ2n) is 6.51. The van der Waals surface area contributed by atoms with Gasteiger partial charge in [0.05, 0.1) is 0 Å². The lowest BCUT2D eigenvalue weighted by Gasteiger charge is -2.33. The van der Waals surface area contributed by atoms with Crippen molar-refractivity contribution in [1.82, 2.24) is 10.2 Å². The number of amides is 2. The molecule has 2 unspecified atom stereocenters. The molecule has 1 aliphatic heterocycles. The van der Waals surface area contributed by atoms with Gasteiger partial charge in [-0.15, -0.1) is 0 Å². The van der Waals surface area contributed by atoms with Crippen molar-refractivity contribution >= 4 is 17.8 Å². The molecule has 2 aliphatic carbocycles. The van der Waals surface area contributed by atoms with E-state index in [2.05, 4.69) is 5.32 Å². The Morgan fingerprint density at radius 3 is 2.48 bits per heavy atom. The molecule has 3 aliphatic rings. The van der Waals surface area contributed by atoms with E-state index in [0.717, 1.165) is 25.7 Å². The first-order valence-corrected chi connectivity index (χ1v) is 7.87. The molecule has 6 heteroatoms. The summed E-state index contributed by atoms with van der Waals surface area (Å²) in [5, 5.41) is 13.0. The predicted octanol–water partition coefficient (Wildman–Crippen LogP) is 0.901. The summed E-state index contributed by atoms with van der Waals surface area (Å²) < 4.78 is 0. The Morgan fingerprint density at radius 1 is 1.24 bits per heavy atom. The average molecular weight is 294 g/mol. The number of carbonyl (C=O) groups excluding carboxylic acids is 2. The van der Waals surface area contributed by atoms with Gasteiger partial charge in [0.2, 0.25) is 11.8 Å². The van der Waals surface area contributed by atoms with Gasteiger partial charge in [0.1, 0.15) is 5.54 Å². The van der Waals surface area contributed by atoms with E-state index in [-0.39, 0.29) is 17.7 Å². The topological polar surface area (TPSA) is 86.7 Å². The van der Waals surface area contributed by atoms with Crippen molar-refractivity contribution < 1.29 is 19.5 Å². The number of nitrogens with zero attached hydrogens (tertiary/aromatic N) is 1. The standard InChI is InChI=1S/C15H22N2O4/c18-12-5-6-13(19)17(12)9-7-10-2-1-8-15(10,14(20)21)16-11-3-4-11/h10-11,16H,1-9H2,(H,20,21). The summed E-state index contributed by atoms with van der Waals surface area (Å²) in [6.45, 7) is 0.365. The normalized spacial score (nSPS) is 33.0. The van der Waals surface area contributed by atoms with Crippen molar-refractivity contribution in [3.8, 4) is 0 Å². The first-order chi connectivity index (χ1) is 10.0. The summed E-state index contributed by atoms with van der Waals surface area (Å²) >= 11 is 0. The fraction of sp³-hybridized carbons (Fsp3) is 0.800. The van der Waals surface area contributed by atoms with E-state index < -0.39 is 11.5 Å². The number of hydrogen-bond acceptors (Lipinski definition) is 4. The van der Waals surface area contributed by atoms with Gasteiger partial charge in [-0.05, 0) is 38.0 Å². The van der Waals surface area contributed by atoms with Gasteiger partial charge in [-0.2, -0.15) is 0 Å². The van der Waals surface area contributed by atoms with Crippen LogP contribution in [0.3, 0.4) is 0 Å². The third kappa shape index (κ3) is 2.69. The monoisotopic (exact) mass is 294 g/mol. The minimum Gasteiger partial charge on any atom is -0.480 e. The highest BCUT2D eigenvalue weighted by Crippen LogP contribution is 2.41. The number of nitrogens with one attached hydrogen (secondary N) is 1. The van der Waals surface area contributed by atoms with Crippen LogP contribution in [-0.2, 0) is 14.4 Å². The Hall–Kier alpha value is -1.43. The van der Waals surface area contributed by atoms with Gasteiger partial charge >= 0.3 is 5.97 Å². The molecule has 0 aromatic rings. The summed E-state index contributed by atoms with van der Waals surface area (Å²) in [6, 6.07) is 0.330. The molecule has 1 heterocycles. The Morgan fingerprint density at radius 2 is 1.90 bits per heavy atom. The first-order valence-electron chi connectivity index (χ1n) is 7.87. The molecule has 0 aromatic carbocycles. The van der Waals surface area contributed by atoms with Crippen molar-refractivity contribution in [3.05, 3.63) is 0 Å². The second kappa shape index (κ2) is 5.40. The smallest absolute Gasteiger partial charge is 0.324 e. The SMILES string of the molecule is O=C1CCC(=O)N1CCC1CCCC1(NC1CC1)C(=O)O. The molecule has 6 nitrogen and oxygen atoms in total. The molecular formula is C15H22N2O4. The lowest BCUT2D eigenvalue weighted by atomic mass is 9.84. The number of imide groups is 1. The Labute approximate surface area is 123 Å². The van der Waals surface area contributed by atoms with E-state index in [1.807, 2.05) is 0 Å². The number of carboxylic acids is 1. The van der Waals surface area contributed by atoms with Crippen LogP contribution in [-0.4, -0.2) is 45.9 Å². The lowest BCUT2D eigenvalue weighted by Crippen LogP contribution is -2.56. The van der Waals surface area contributed by atoms with E-state index in [9.17, 15) is 19.5 Å². The van der Waals surface area contributed by atoms with Crippen LogP contribution in [0.4, 0.5) is 0 Å². The molecule has 2 atom stereocenters. The van der Waals surface area contributed by atoms with Gasteiger partial charge in [0.25, 0.3) is 0 Å². The third-order valence-electron chi connectivity index (χ3n) is 5.10. The quantitative estimate of drug-likeness (QED) is 0.711. The Kier molecular flexibility index (Phi) is 3.73. The number of hydrogen-bond donors (Lipinski definition) is 2. The van der Waals surface area contributed by atoms with E-state index in [1.54, 1.807) is 0 Å². The number of likely N-dealkylation sites (tertiary alicyclic amines) is 1. The van der Waals surface area contributed by atoms with Crippen LogP contribution in [0.1, 0.15) is 51.4 Å². The average Bonchev–Trinajstić information content (AvgIpc) is 3.07. The van der Waals surface area contributed by atoms with Crippen LogP contribution < -0.4 is 5.32 Å². The Balaban J connectivity index is 1.66. The molecular weight excluding hydrogens is 272 g/mol. The summed E-state index contributed by atoms with van der Waals surface area (Å²) in [7, 11) is 0. The van der Waals surface area contributed by atoms with Crippen LogP contribution in [0.25, 0.3) is 0 Å². The summed E-state index contributed by atoms with van der Waals surface area (Å²) in [4.78, 5) is 36.4. The summed E-state index contributed by atoms with van der Waals surface area (Å²) in [5.41, 5.74) is -0.854. The van der Waals surface area contributed by atoms with E-state index >= 15 is 0 Å². The van der Waals surface area contributed by atoms with Gasteiger partial charge < -0.3 is 5.11 Å². The number of rotatable bonds is 6. The highest BCUT2D eigenvalue weighted by molar-refractivity contribution is 6.01. The largest absolute Gasteiger partial charge is 0.480 e. The highest BCUT2D eigenvalue weighted by Gasteiger charge is 2.51. The third-order valence-corrected chi connectivity index (χ3v) is 5.10. The van der Waals surface area contributed by atoms with Crippen molar-refractivity contribution in [2.24, 2.45) is 5.92 Å². The van der Waals surface area contributed by atoms with Crippen LogP contribution in [0.2, 0.25) is 0 Å². The van der Waals surface area contributed by atoms with Gasteiger partial charge in [-0.25, -0.2) is 0 Å². The van der Waals surface area contributed by atoms with Gasteiger partial charge in [0, 0.05) is 25.4 Å². The van der Waals surface area contributed by atoms with Crippen molar-refractivity contribution in [2.45, 2.75) is 62.9 Å². The predicted molar refractivity (Wildman–Crippen MR) is 74.4 cm³/mol. The molecule has 0 spiro atoms. The fourth-order valence-corrected chi connectivity index (χ4v) is 3.75. The molecule has 21 heavy (non-hydrogen) atoms. The second-order valence-corrected chi connectivity index (χ2v) is 6.51. The zero-order chi connectivity index (χ0) is 15.0. The minimum atomic E-state index is -0.854. The molecule has 3 rings (SSSR count). The number of carbonyl (C=O) groups is 3. The van der Waals surface area contributed by atoms with Crippen molar-refractivity contribution in [3.63, 3.8) is 0 Å². The molecule has 0 bridgehead atoms. The lowest BCUT2D eigenvalue weighted by molar-refractivity contribution is -0.147. The number of carboxylic acid groups (broad SMARTS) is 1. The molecule has 1 saturated heterocycles. The van der Waals surface area contributed by atoms with Crippen LogP contribution in [0.5, 0.6) is 0 Å². The molecule has 3 fully saturated rings. The molecule has 2 amide bonds. The summed E-state index contributed by atoms with van der Waals surface area (Å²) in [5.74, 6) is -1.02. The number of aliphatic carboxylic acids is 1. The van der Waals surface area contributed by atoms with Gasteiger partial charge in [-0.3, -0.25) is 24.6 Å². The van der Waals surface area contributed by atoms with Crippen molar-refractivity contribution in [2.75, 3.05) is 6.54 Å². The maximum absolute atomic E-state index is 11.8. The molecule has 0 radical (unpaired) electrons. The summed E-state index contributed by atoms with van der Waals surface area (Å²) in [6.07, 6.45) is 5.66.